The maximum atomic E-state index is 3.49. The molecule has 0 aromatic heterocycles. The summed E-state index contributed by atoms with van der Waals surface area (Å²) in [6, 6.07) is 9.90. The molecule has 3 heteroatoms. The van der Waals surface area contributed by atoms with Crippen molar-refractivity contribution in [3.63, 3.8) is 0 Å². The Morgan fingerprint density at radius 2 is 2.12 bits per heavy atom. The van der Waals surface area contributed by atoms with Crippen LogP contribution in [0.25, 0.3) is 0 Å². The maximum Gasteiger partial charge on any atom is 0.0323 e. The molecule has 17 heavy (non-hydrogen) atoms. The second kappa shape index (κ2) is 5.98. The summed E-state index contributed by atoms with van der Waals surface area (Å²) in [5.74, 6) is 0. The van der Waals surface area contributed by atoms with Crippen LogP contribution in [0.5, 0.6) is 0 Å². The van der Waals surface area contributed by atoms with Crippen molar-refractivity contribution < 1.29 is 0 Å². The average molecular weight is 297 g/mol. The zero-order chi connectivity index (χ0) is 12.3. The molecule has 1 aromatic rings. The van der Waals surface area contributed by atoms with Crippen LogP contribution in [-0.4, -0.2) is 30.6 Å². The second-order valence-electron chi connectivity index (χ2n) is 4.73. The molecule has 1 N–H and O–H groups in total. The molecule has 1 aliphatic rings. The molecular weight excluding hydrogens is 276 g/mol. The van der Waals surface area contributed by atoms with Gasteiger partial charge in [-0.25, -0.2) is 0 Å². The summed E-state index contributed by atoms with van der Waals surface area (Å²) in [5.41, 5.74) is 1.41. The van der Waals surface area contributed by atoms with E-state index in [0.29, 0.717) is 12.1 Å². The van der Waals surface area contributed by atoms with Gasteiger partial charge in [-0.3, -0.25) is 4.90 Å². The maximum absolute atomic E-state index is 3.49. The number of nitrogens with zero attached hydrogens (tertiary/aromatic N) is 1. The predicted molar refractivity (Wildman–Crippen MR) is 76.2 cm³/mol. The van der Waals surface area contributed by atoms with Gasteiger partial charge in [0.2, 0.25) is 0 Å². The summed E-state index contributed by atoms with van der Waals surface area (Å²) in [6.45, 7) is 7.97. The normalized spacial score (nSPS) is 23.6. The molecule has 1 fully saturated rings. The molecule has 0 bridgehead atoms. The molecule has 1 heterocycles. The van der Waals surface area contributed by atoms with E-state index in [2.05, 4.69) is 64.3 Å². The fourth-order valence-corrected chi connectivity index (χ4v) is 2.86. The smallest absolute Gasteiger partial charge is 0.0323 e. The van der Waals surface area contributed by atoms with E-state index >= 15 is 0 Å². The molecule has 0 aliphatic carbocycles. The minimum atomic E-state index is 0.509. The van der Waals surface area contributed by atoms with Gasteiger partial charge in [0.05, 0.1) is 0 Å². The number of rotatable bonds is 3. The Morgan fingerprint density at radius 1 is 1.41 bits per heavy atom. The van der Waals surface area contributed by atoms with Crippen molar-refractivity contribution in [1.29, 1.82) is 0 Å². The number of hydrogen-bond donors (Lipinski definition) is 1. The molecule has 1 saturated heterocycles. The third-order valence-electron chi connectivity index (χ3n) is 3.72. The van der Waals surface area contributed by atoms with Crippen LogP contribution in [0.3, 0.4) is 0 Å². The molecule has 2 rings (SSSR count). The van der Waals surface area contributed by atoms with Crippen molar-refractivity contribution >= 4 is 15.9 Å². The fourth-order valence-electron chi connectivity index (χ4n) is 2.60. The number of piperazine rings is 1. The molecule has 0 radical (unpaired) electrons. The average Bonchev–Trinajstić information content (AvgIpc) is 2.39. The van der Waals surface area contributed by atoms with E-state index in [-0.39, 0.29) is 0 Å². The molecule has 2 nitrogen and oxygen atoms in total. The summed E-state index contributed by atoms with van der Waals surface area (Å²) in [6.07, 6.45) is 1.22. The van der Waals surface area contributed by atoms with Crippen molar-refractivity contribution in [2.24, 2.45) is 0 Å². The molecule has 0 spiro atoms. The van der Waals surface area contributed by atoms with Crippen LogP contribution in [-0.2, 0) is 0 Å². The topological polar surface area (TPSA) is 15.3 Å². The van der Waals surface area contributed by atoms with Crippen molar-refractivity contribution in [3.05, 3.63) is 34.3 Å². The highest BCUT2D eigenvalue weighted by molar-refractivity contribution is 9.10. The van der Waals surface area contributed by atoms with Crippen molar-refractivity contribution in [2.45, 2.75) is 32.4 Å². The third kappa shape index (κ3) is 3.09. The lowest BCUT2D eigenvalue weighted by Crippen LogP contribution is -2.51. The molecule has 0 saturated carbocycles. The number of halogens is 1. The van der Waals surface area contributed by atoms with Crippen molar-refractivity contribution in [1.82, 2.24) is 10.2 Å². The van der Waals surface area contributed by atoms with Crippen molar-refractivity contribution in [3.8, 4) is 0 Å². The molecule has 1 aromatic carbocycles. The number of benzene rings is 1. The molecule has 2 unspecified atom stereocenters. The molecule has 2 atom stereocenters. The highest BCUT2D eigenvalue weighted by Gasteiger charge is 2.25. The van der Waals surface area contributed by atoms with Crippen LogP contribution in [0.2, 0.25) is 0 Å². The first kappa shape index (κ1) is 13.1. The molecular formula is C14H21BrN2. The summed E-state index contributed by atoms with van der Waals surface area (Å²) < 4.78 is 1.15. The van der Waals surface area contributed by atoms with Crippen LogP contribution in [0.15, 0.2) is 28.7 Å². The SMILES string of the molecule is CCC1CNCCN1C(C)c1ccc(Br)cc1. The van der Waals surface area contributed by atoms with E-state index in [1.54, 1.807) is 0 Å². The van der Waals surface area contributed by atoms with E-state index in [9.17, 15) is 0 Å². The summed E-state index contributed by atoms with van der Waals surface area (Å²) in [7, 11) is 0. The Kier molecular flexibility index (Phi) is 4.60. The lowest BCUT2D eigenvalue weighted by Gasteiger charge is -2.40. The second-order valence-corrected chi connectivity index (χ2v) is 5.65. The quantitative estimate of drug-likeness (QED) is 0.921. The number of nitrogens with one attached hydrogen (secondary N) is 1. The van der Waals surface area contributed by atoms with Crippen LogP contribution < -0.4 is 5.32 Å². The Hall–Kier alpha value is -0.380. The Labute approximate surface area is 113 Å². The Morgan fingerprint density at radius 3 is 2.76 bits per heavy atom. The zero-order valence-corrected chi connectivity index (χ0v) is 12.2. The van der Waals surface area contributed by atoms with Gasteiger partial charge in [-0.15, -0.1) is 0 Å². The van der Waals surface area contributed by atoms with Crippen LogP contribution in [0.1, 0.15) is 31.9 Å². The van der Waals surface area contributed by atoms with Crippen LogP contribution in [0.4, 0.5) is 0 Å². The van der Waals surface area contributed by atoms with Gasteiger partial charge in [0, 0.05) is 36.2 Å². The standard InChI is InChI=1S/C14H21BrN2/c1-3-14-10-16-8-9-17(14)11(2)12-4-6-13(15)7-5-12/h4-7,11,14,16H,3,8-10H2,1-2H3. The minimum Gasteiger partial charge on any atom is -0.314 e. The summed E-state index contributed by atoms with van der Waals surface area (Å²) >= 11 is 3.49. The lowest BCUT2D eigenvalue weighted by atomic mass is 10.0. The fraction of sp³-hybridized carbons (Fsp3) is 0.571. The van der Waals surface area contributed by atoms with Gasteiger partial charge in [-0.1, -0.05) is 35.0 Å². The first-order valence-corrected chi connectivity index (χ1v) is 7.23. The predicted octanol–water partition coefficient (Wildman–Crippen LogP) is 3.19. The van der Waals surface area contributed by atoms with Gasteiger partial charge < -0.3 is 5.32 Å². The highest BCUT2D eigenvalue weighted by atomic mass is 79.9. The monoisotopic (exact) mass is 296 g/mol. The van der Waals surface area contributed by atoms with Crippen molar-refractivity contribution in [2.75, 3.05) is 19.6 Å². The van der Waals surface area contributed by atoms with Crippen LogP contribution in [0, 0.1) is 0 Å². The van der Waals surface area contributed by atoms with E-state index in [1.807, 2.05) is 0 Å². The largest absolute Gasteiger partial charge is 0.314 e. The summed E-state index contributed by atoms with van der Waals surface area (Å²) in [4.78, 5) is 2.62. The van der Waals surface area contributed by atoms with Crippen LogP contribution >= 0.6 is 15.9 Å². The van der Waals surface area contributed by atoms with Gasteiger partial charge >= 0.3 is 0 Å². The van der Waals surface area contributed by atoms with Gasteiger partial charge in [0.25, 0.3) is 0 Å². The lowest BCUT2D eigenvalue weighted by molar-refractivity contribution is 0.112. The first-order chi connectivity index (χ1) is 8.22. The Balaban J connectivity index is 2.12. The Bertz CT molecular complexity index is 350. The minimum absolute atomic E-state index is 0.509. The first-order valence-electron chi connectivity index (χ1n) is 6.44. The summed E-state index contributed by atoms with van der Waals surface area (Å²) in [5, 5.41) is 3.48. The van der Waals surface area contributed by atoms with E-state index < -0.39 is 0 Å². The zero-order valence-electron chi connectivity index (χ0n) is 10.6. The van der Waals surface area contributed by atoms with Gasteiger partial charge in [-0.2, -0.15) is 0 Å². The molecule has 1 aliphatic heterocycles. The van der Waals surface area contributed by atoms with Gasteiger partial charge in [-0.05, 0) is 31.0 Å². The van der Waals surface area contributed by atoms with Gasteiger partial charge in [0.15, 0.2) is 0 Å². The van der Waals surface area contributed by atoms with E-state index in [4.69, 9.17) is 0 Å². The van der Waals surface area contributed by atoms with E-state index in [1.165, 1.54) is 12.0 Å². The number of hydrogen-bond acceptors (Lipinski definition) is 2. The molecule has 0 amide bonds. The molecule has 94 valence electrons. The highest BCUT2D eigenvalue weighted by Crippen LogP contribution is 2.25. The van der Waals surface area contributed by atoms with Gasteiger partial charge in [0.1, 0.15) is 0 Å². The van der Waals surface area contributed by atoms with E-state index in [0.717, 1.165) is 24.1 Å². The third-order valence-corrected chi connectivity index (χ3v) is 4.25.